The Labute approximate surface area is 250 Å². The maximum atomic E-state index is 15.3. The zero-order valence-corrected chi connectivity index (χ0v) is 24.8. The zero-order valence-electron chi connectivity index (χ0n) is 23.3. The number of carbonyl (C=O) groups is 1. The van der Waals surface area contributed by atoms with E-state index in [0.29, 0.717) is 35.3 Å². The molecule has 0 radical (unpaired) electrons. The smallest absolute Gasteiger partial charge is 0.211 e. The van der Waals surface area contributed by atoms with Gasteiger partial charge in [0.1, 0.15) is 5.82 Å². The average Bonchev–Trinajstić information content (AvgIpc) is 3.44. The molecular formula is C33H35Cl2FN4O. The van der Waals surface area contributed by atoms with Crippen molar-refractivity contribution >= 4 is 40.0 Å². The van der Waals surface area contributed by atoms with E-state index in [4.69, 9.17) is 28.2 Å². The van der Waals surface area contributed by atoms with Crippen molar-refractivity contribution in [3.05, 3.63) is 99.5 Å². The van der Waals surface area contributed by atoms with Crippen LogP contribution >= 0.6 is 23.2 Å². The summed E-state index contributed by atoms with van der Waals surface area (Å²) in [6.07, 6.45) is 5.48. The molecule has 1 N–H and O–H groups in total. The summed E-state index contributed by atoms with van der Waals surface area (Å²) < 4.78 is 13.9. The topological polar surface area (TPSA) is 52.2 Å². The quantitative estimate of drug-likeness (QED) is 0.221. The van der Waals surface area contributed by atoms with E-state index in [1.807, 2.05) is 54.6 Å². The molecular weight excluding hydrogens is 558 g/mol. The van der Waals surface area contributed by atoms with E-state index in [2.05, 4.69) is 21.7 Å². The number of Topliss-reactive ketones (excluding diaryl/α,β-unsaturated/α-hetero) is 1. The highest BCUT2D eigenvalue weighted by molar-refractivity contribution is 6.42. The van der Waals surface area contributed by atoms with E-state index in [1.54, 1.807) is 0 Å². The van der Waals surface area contributed by atoms with Gasteiger partial charge in [0.15, 0.2) is 5.82 Å². The van der Waals surface area contributed by atoms with Crippen molar-refractivity contribution in [3.8, 4) is 0 Å². The summed E-state index contributed by atoms with van der Waals surface area (Å²) in [6.45, 7) is 5.39. The number of nitrogens with zero attached hydrogens (tertiary/aromatic N) is 3. The molecule has 0 amide bonds. The first-order valence-electron chi connectivity index (χ1n) is 14.6. The Kier molecular flexibility index (Phi) is 7.94. The first-order valence-corrected chi connectivity index (χ1v) is 15.3. The minimum atomic E-state index is -0.987. The van der Waals surface area contributed by atoms with Crippen LogP contribution in [0.2, 0.25) is 10.0 Å². The molecule has 2 aliphatic rings. The fourth-order valence-electron chi connectivity index (χ4n) is 7.52. The van der Waals surface area contributed by atoms with Crippen LogP contribution in [0.5, 0.6) is 0 Å². The van der Waals surface area contributed by atoms with Gasteiger partial charge in [-0.3, -0.25) is 14.6 Å². The fraction of sp³-hybridized carbons (Fsp3) is 0.394. The molecule has 0 spiro atoms. The molecule has 0 bridgehead atoms. The molecule has 5 nitrogen and oxygen atoms in total. The Hall–Kier alpha value is -2.77. The van der Waals surface area contributed by atoms with E-state index in [9.17, 15) is 4.39 Å². The number of ketones is 1. The molecule has 1 aromatic heterocycles. The maximum Gasteiger partial charge on any atom is 0.211 e. The van der Waals surface area contributed by atoms with Gasteiger partial charge in [0.25, 0.3) is 0 Å². The molecule has 8 heteroatoms. The predicted octanol–water partition coefficient (Wildman–Crippen LogP) is 8.02. The number of imidazole rings is 1. The van der Waals surface area contributed by atoms with Crippen LogP contribution in [-0.2, 0) is 12.0 Å². The Bertz CT molecular complexity index is 1520. The molecule has 0 saturated carbocycles. The van der Waals surface area contributed by atoms with Gasteiger partial charge in [-0.15, -0.1) is 0 Å². The molecule has 3 heterocycles. The lowest BCUT2D eigenvalue weighted by molar-refractivity contribution is -0.140. The van der Waals surface area contributed by atoms with Crippen molar-refractivity contribution in [2.24, 2.45) is 0 Å². The van der Waals surface area contributed by atoms with Crippen molar-refractivity contribution in [3.63, 3.8) is 0 Å². The van der Waals surface area contributed by atoms with Gasteiger partial charge in [0.05, 0.1) is 32.2 Å². The van der Waals surface area contributed by atoms with Gasteiger partial charge >= 0.3 is 0 Å². The Morgan fingerprint density at radius 3 is 2.41 bits per heavy atom. The summed E-state index contributed by atoms with van der Waals surface area (Å²) in [5.74, 6) is 0.0643. The number of fused-ring (bicyclic) bond motifs is 1. The molecule has 2 saturated heterocycles. The third-order valence-corrected chi connectivity index (χ3v) is 9.99. The predicted molar refractivity (Wildman–Crippen MR) is 163 cm³/mol. The van der Waals surface area contributed by atoms with Crippen LogP contribution in [0.25, 0.3) is 11.0 Å². The highest BCUT2D eigenvalue weighted by Crippen LogP contribution is 2.53. The number of halogens is 3. The van der Waals surface area contributed by atoms with Crippen LogP contribution in [0.1, 0.15) is 67.2 Å². The standard InChI is InChI=1S/C33H35Cl2FN4O/c1-2-33(39-18-6-3-7-19-39)32(24-13-16-26(34)27(35)21-24,30(41)31-37-28-9-4-5-10-29(28)38-31)17-8-20-40(33)22-23-11-14-25(36)15-12-23/h4-5,9-16,21H,2-3,6-8,17-20,22H2,1H3,(H,37,38). The Balaban J connectivity index is 1.60. The minimum Gasteiger partial charge on any atom is -0.335 e. The molecule has 41 heavy (non-hydrogen) atoms. The number of benzene rings is 3. The summed E-state index contributed by atoms with van der Waals surface area (Å²) in [7, 11) is 0. The number of carbonyl (C=O) groups excluding carboxylic acids is 1. The van der Waals surface area contributed by atoms with E-state index in [-0.39, 0.29) is 11.6 Å². The normalized spacial score (nSPS) is 24.1. The van der Waals surface area contributed by atoms with Crippen LogP contribution < -0.4 is 0 Å². The third kappa shape index (κ3) is 4.79. The van der Waals surface area contributed by atoms with E-state index < -0.39 is 11.1 Å². The molecule has 2 atom stereocenters. The van der Waals surface area contributed by atoms with Crippen molar-refractivity contribution in [1.29, 1.82) is 0 Å². The SMILES string of the molecule is CCC1(N2CCCCC2)N(Cc2ccc(F)cc2)CCCC1(C(=O)c1nc2ccccc2[nH]1)c1ccc(Cl)c(Cl)c1. The molecule has 3 aromatic carbocycles. The zero-order chi connectivity index (χ0) is 28.6. The summed E-state index contributed by atoms with van der Waals surface area (Å²) in [6, 6.07) is 20.1. The van der Waals surface area contributed by atoms with Crippen molar-refractivity contribution < 1.29 is 9.18 Å². The molecule has 6 rings (SSSR count). The second-order valence-electron chi connectivity index (χ2n) is 11.3. The number of rotatable bonds is 7. The average molecular weight is 594 g/mol. The third-order valence-electron chi connectivity index (χ3n) is 9.25. The Morgan fingerprint density at radius 1 is 0.951 bits per heavy atom. The molecule has 4 aromatic rings. The second-order valence-corrected chi connectivity index (χ2v) is 12.1. The Morgan fingerprint density at radius 2 is 1.71 bits per heavy atom. The van der Waals surface area contributed by atoms with Gasteiger partial charge < -0.3 is 4.98 Å². The lowest BCUT2D eigenvalue weighted by atomic mass is 9.59. The number of hydrogen-bond donors (Lipinski definition) is 1. The number of piperidine rings is 2. The van der Waals surface area contributed by atoms with Crippen LogP contribution in [0.4, 0.5) is 4.39 Å². The van der Waals surface area contributed by atoms with E-state index >= 15 is 4.79 Å². The van der Waals surface area contributed by atoms with E-state index in [0.717, 1.165) is 61.1 Å². The lowest BCUT2D eigenvalue weighted by Crippen LogP contribution is -2.75. The number of aromatic nitrogens is 2. The summed E-state index contributed by atoms with van der Waals surface area (Å²) in [5, 5.41) is 0.890. The molecule has 2 aliphatic heterocycles. The van der Waals surface area contributed by atoms with Crippen LogP contribution in [0.15, 0.2) is 66.7 Å². The highest BCUT2D eigenvalue weighted by atomic mass is 35.5. The number of H-pyrrole nitrogens is 1. The first kappa shape index (κ1) is 28.4. The number of nitrogens with one attached hydrogen (secondary N) is 1. The molecule has 2 fully saturated rings. The van der Waals surface area contributed by atoms with Gasteiger partial charge in [-0.25, -0.2) is 9.37 Å². The van der Waals surface area contributed by atoms with Crippen LogP contribution in [0.3, 0.4) is 0 Å². The van der Waals surface area contributed by atoms with Crippen LogP contribution in [-0.4, -0.2) is 50.8 Å². The summed E-state index contributed by atoms with van der Waals surface area (Å²) in [4.78, 5) is 28.5. The van der Waals surface area contributed by atoms with E-state index in [1.165, 1.54) is 18.6 Å². The first-order chi connectivity index (χ1) is 19.9. The molecule has 0 aliphatic carbocycles. The number of hydrogen-bond acceptors (Lipinski definition) is 4. The van der Waals surface area contributed by atoms with Gasteiger partial charge in [0, 0.05) is 13.1 Å². The second kappa shape index (κ2) is 11.5. The maximum absolute atomic E-state index is 15.3. The minimum absolute atomic E-state index is 0.0386. The van der Waals surface area contributed by atoms with Gasteiger partial charge in [-0.1, -0.05) is 66.9 Å². The summed E-state index contributed by atoms with van der Waals surface area (Å²) in [5.41, 5.74) is 1.81. The largest absolute Gasteiger partial charge is 0.335 e. The van der Waals surface area contributed by atoms with Crippen molar-refractivity contribution in [2.45, 2.75) is 63.1 Å². The van der Waals surface area contributed by atoms with Crippen molar-refractivity contribution in [1.82, 2.24) is 19.8 Å². The van der Waals surface area contributed by atoms with Gasteiger partial charge in [-0.05, 0) is 92.7 Å². The van der Waals surface area contributed by atoms with Gasteiger partial charge in [-0.2, -0.15) is 0 Å². The highest BCUT2D eigenvalue weighted by Gasteiger charge is 2.64. The van der Waals surface area contributed by atoms with Crippen LogP contribution in [0, 0.1) is 5.82 Å². The number of likely N-dealkylation sites (tertiary alicyclic amines) is 2. The lowest BCUT2D eigenvalue weighted by Gasteiger charge is -2.63. The molecule has 214 valence electrons. The number of para-hydroxylation sites is 2. The molecule has 2 unspecified atom stereocenters. The monoisotopic (exact) mass is 592 g/mol. The summed E-state index contributed by atoms with van der Waals surface area (Å²) >= 11 is 13.1. The number of aromatic amines is 1. The van der Waals surface area contributed by atoms with Crippen molar-refractivity contribution in [2.75, 3.05) is 19.6 Å². The van der Waals surface area contributed by atoms with Gasteiger partial charge in [0.2, 0.25) is 5.78 Å². The fourth-order valence-corrected chi connectivity index (χ4v) is 7.82.